The van der Waals surface area contributed by atoms with E-state index in [1.807, 2.05) is 0 Å². The summed E-state index contributed by atoms with van der Waals surface area (Å²) >= 11 is 0. The molecule has 0 aliphatic heterocycles. The molecule has 2 N–H and O–H groups in total. The van der Waals surface area contributed by atoms with Gasteiger partial charge in [-0.15, -0.1) is 0 Å². The Kier molecular flexibility index (Phi) is 5.23. The minimum absolute atomic E-state index is 0.426. The number of benzene rings is 3. The van der Waals surface area contributed by atoms with Crippen LogP contribution in [0.3, 0.4) is 0 Å². The lowest BCUT2D eigenvalue weighted by molar-refractivity contribution is 0.985. The second kappa shape index (κ2) is 7.55. The lowest BCUT2D eigenvalue weighted by atomic mass is 10.1. The topological polar surface area (TPSA) is 26.0 Å². The molecule has 0 aliphatic rings. The molecule has 1 nitrogen and oxygen atoms in total. The van der Waals surface area contributed by atoms with E-state index in [-0.39, 0.29) is 0 Å². The molecule has 0 bridgehead atoms. The molecule has 2 heteroatoms. The summed E-state index contributed by atoms with van der Waals surface area (Å²) in [5, 5.41) is 2.82. The Bertz CT molecular complexity index is 701. The highest BCUT2D eigenvalue weighted by atomic mass is 31.1. The molecule has 0 saturated carbocycles. The fourth-order valence-corrected chi connectivity index (χ4v) is 5.75. The van der Waals surface area contributed by atoms with Crippen molar-refractivity contribution in [1.29, 1.82) is 0 Å². The minimum Gasteiger partial charge on any atom is -0.326 e. The van der Waals surface area contributed by atoms with Gasteiger partial charge in [-0.05, 0) is 29.7 Å². The van der Waals surface area contributed by atoms with Crippen molar-refractivity contribution in [3.8, 4) is 0 Å². The van der Waals surface area contributed by atoms with Crippen molar-refractivity contribution in [2.75, 3.05) is 0 Å². The Labute approximate surface area is 139 Å². The van der Waals surface area contributed by atoms with Gasteiger partial charge < -0.3 is 5.73 Å². The van der Waals surface area contributed by atoms with Gasteiger partial charge in [-0.1, -0.05) is 91.9 Å². The van der Waals surface area contributed by atoms with Gasteiger partial charge in [0.1, 0.15) is 0 Å². The Balaban J connectivity index is 2.08. The molecule has 0 spiro atoms. The normalized spacial score (nSPS) is 12.3. The molecule has 0 saturated heterocycles. The van der Waals surface area contributed by atoms with Crippen LogP contribution in [0.4, 0.5) is 0 Å². The minimum atomic E-state index is -0.466. The van der Waals surface area contributed by atoms with E-state index in [9.17, 15) is 0 Å². The van der Waals surface area contributed by atoms with Crippen molar-refractivity contribution in [2.24, 2.45) is 5.73 Å². The van der Waals surface area contributed by atoms with Crippen molar-refractivity contribution < 1.29 is 0 Å². The Morgan fingerprint density at radius 3 is 1.74 bits per heavy atom. The lowest BCUT2D eigenvalue weighted by Crippen LogP contribution is -2.17. The van der Waals surface area contributed by atoms with Crippen molar-refractivity contribution in [1.82, 2.24) is 0 Å². The summed E-state index contributed by atoms with van der Waals surface area (Å²) in [7, 11) is -0.466. The van der Waals surface area contributed by atoms with Crippen LogP contribution in [0.25, 0.3) is 0 Å². The van der Waals surface area contributed by atoms with Gasteiger partial charge >= 0.3 is 0 Å². The van der Waals surface area contributed by atoms with Crippen LogP contribution in [0.5, 0.6) is 0 Å². The van der Waals surface area contributed by atoms with E-state index in [1.165, 1.54) is 21.7 Å². The molecule has 0 aliphatic carbocycles. The van der Waals surface area contributed by atoms with Crippen LogP contribution in [0, 0.1) is 0 Å². The largest absolute Gasteiger partial charge is 0.326 e. The van der Waals surface area contributed by atoms with Gasteiger partial charge in [0.2, 0.25) is 0 Å². The molecular weight excluding hydrogens is 297 g/mol. The van der Waals surface area contributed by atoms with Gasteiger partial charge in [0.25, 0.3) is 0 Å². The zero-order valence-electron chi connectivity index (χ0n) is 13.4. The molecule has 3 rings (SSSR count). The van der Waals surface area contributed by atoms with Crippen molar-refractivity contribution in [3.05, 3.63) is 96.1 Å². The zero-order chi connectivity index (χ0) is 16.1. The van der Waals surface area contributed by atoms with Gasteiger partial charge in [-0.3, -0.25) is 0 Å². The van der Waals surface area contributed by atoms with Gasteiger partial charge in [-0.2, -0.15) is 0 Å². The van der Waals surface area contributed by atoms with Crippen LogP contribution in [0.1, 0.15) is 23.7 Å². The number of nitrogens with two attached hydrogens (primary N) is 1. The highest BCUT2D eigenvalue weighted by Gasteiger charge is 2.23. The Morgan fingerprint density at radius 1 is 0.739 bits per heavy atom. The molecule has 0 heterocycles. The van der Waals surface area contributed by atoms with E-state index in [2.05, 4.69) is 91.9 Å². The van der Waals surface area contributed by atoms with E-state index >= 15 is 0 Å². The molecule has 0 radical (unpaired) electrons. The van der Waals surface area contributed by atoms with E-state index < -0.39 is 7.92 Å². The fourth-order valence-electron chi connectivity index (χ4n) is 3.04. The maximum absolute atomic E-state index is 5.97. The third-order valence-electron chi connectivity index (χ3n) is 4.18. The van der Waals surface area contributed by atoms with Crippen LogP contribution >= 0.6 is 7.92 Å². The highest BCUT2D eigenvalue weighted by Crippen LogP contribution is 2.49. The third kappa shape index (κ3) is 3.52. The second-order valence-corrected chi connectivity index (χ2v) is 8.17. The van der Waals surface area contributed by atoms with Crippen LogP contribution < -0.4 is 16.3 Å². The first-order valence-electron chi connectivity index (χ1n) is 7.98. The number of rotatable bonds is 5. The molecule has 0 aromatic heterocycles. The zero-order valence-corrected chi connectivity index (χ0v) is 14.3. The van der Waals surface area contributed by atoms with Crippen molar-refractivity contribution in [3.63, 3.8) is 0 Å². The predicted octanol–water partition coefficient (Wildman–Crippen LogP) is 4.34. The molecule has 1 unspecified atom stereocenters. The van der Waals surface area contributed by atoms with Crippen LogP contribution in [-0.4, -0.2) is 0 Å². The maximum atomic E-state index is 5.97. The smallest absolute Gasteiger partial charge is 0.0181 e. The summed E-state index contributed by atoms with van der Waals surface area (Å²) in [6.07, 6.45) is 0. The Hall–Kier alpha value is -1.95. The first kappa shape index (κ1) is 15.9. The average Bonchev–Trinajstić information content (AvgIpc) is 2.63. The van der Waals surface area contributed by atoms with Gasteiger partial charge in [-0.25, -0.2) is 0 Å². The molecule has 3 aromatic rings. The molecule has 3 aromatic carbocycles. The van der Waals surface area contributed by atoms with Crippen LogP contribution in [-0.2, 0) is 6.54 Å². The molecule has 1 atom stereocenters. The quantitative estimate of drug-likeness (QED) is 0.696. The summed E-state index contributed by atoms with van der Waals surface area (Å²) in [4.78, 5) is 0. The maximum Gasteiger partial charge on any atom is 0.0181 e. The standard InChI is InChI=1S/C21H22NP/c1-17(21-15-9-8-10-18(21)16-22)23(19-11-4-2-5-12-19)20-13-6-3-7-14-20/h2-15,17H,16,22H2,1H3. The van der Waals surface area contributed by atoms with E-state index in [1.54, 1.807) is 0 Å². The third-order valence-corrected chi connectivity index (χ3v) is 6.94. The highest BCUT2D eigenvalue weighted by molar-refractivity contribution is 7.73. The average molecular weight is 319 g/mol. The predicted molar refractivity (Wildman–Crippen MR) is 102 cm³/mol. The number of hydrogen-bond acceptors (Lipinski definition) is 1. The number of hydrogen-bond donors (Lipinski definition) is 1. The summed E-state index contributed by atoms with van der Waals surface area (Å²) in [6.45, 7) is 2.92. The van der Waals surface area contributed by atoms with Crippen LogP contribution in [0.15, 0.2) is 84.9 Å². The SMILES string of the molecule is CC(c1ccccc1CN)P(c1ccccc1)c1ccccc1. The molecule has 0 amide bonds. The molecule has 116 valence electrons. The Morgan fingerprint density at radius 2 is 1.22 bits per heavy atom. The van der Waals surface area contributed by atoms with E-state index in [0.717, 1.165) is 0 Å². The van der Waals surface area contributed by atoms with Crippen molar-refractivity contribution >= 4 is 18.5 Å². The summed E-state index contributed by atoms with van der Waals surface area (Å²) in [5.41, 5.74) is 9.02. The van der Waals surface area contributed by atoms with Gasteiger partial charge in [0.15, 0.2) is 0 Å². The molecule has 23 heavy (non-hydrogen) atoms. The second-order valence-electron chi connectivity index (χ2n) is 5.62. The van der Waals surface area contributed by atoms with Gasteiger partial charge in [0, 0.05) is 12.2 Å². The summed E-state index contributed by atoms with van der Waals surface area (Å²) in [6, 6.07) is 30.3. The van der Waals surface area contributed by atoms with E-state index in [0.29, 0.717) is 12.2 Å². The van der Waals surface area contributed by atoms with Gasteiger partial charge in [0.05, 0.1) is 0 Å². The lowest BCUT2D eigenvalue weighted by Gasteiger charge is -2.27. The first-order valence-corrected chi connectivity index (χ1v) is 9.39. The fraction of sp³-hybridized carbons (Fsp3) is 0.143. The molecular formula is C21H22NP. The first-order chi connectivity index (χ1) is 11.3. The monoisotopic (exact) mass is 319 g/mol. The summed E-state index contributed by atoms with van der Waals surface area (Å²) in [5.74, 6) is 0. The summed E-state index contributed by atoms with van der Waals surface area (Å²) < 4.78 is 0. The van der Waals surface area contributed by atoms with Crippen molar-refractivity contribution in [2.45, 2.75) is 19.1 Å². The molecule has 0 fully saturated rings. The van der Waals surface area contributed by atoms with Crippen LogP contribution in [0.2, 0.25) is 0 Å². The van der Waals surface area contributed by atoms with E-state index in [4.69, 9.17) is 5.73 Å².